The van der Waals surface area contributed by atoms with E-state index >= 15 is 0 Å². The van der Waals surface area contributed by atoms with Gasteiger partial charge in [-0.1, -0.05) is 42.5 Å². The van der Waals surface area contributed by atoms with Gasteiger partial charge in [-0.05, 0) is 17.7 Å². The first-order valence-corrected chi connectivity index (χ1v) is 6.15. The fourth-order valence-electron chi connectivity index (χ4n) is 1.68. The third-order valence-electron chi connectivity index (χ3n) is 2.57. The zero-order chi connectivity index (χ0) is 14.4. The smallest absolute Gasteiger partial charge is 0.342 e. The fraction of sp³-hybridized carbons (Fsp3) is 0.125. The highest BCUT2D eigenvalue weighted by molar-refractivity contribution is 5.93. The molecule has 2 aromatic carbocycles. The topological polar surface area (TPSA) is 52.6 Å². The van der Waals surface area contributed by atoms with Crippen molar-refractivity contribution in [3.8, 4) is 5.75 Å². The molecule has 2 rings (SSSR count). The Bertz CT molecular complexity index is 605. The number of para-hydroxylation sites is 1. The number of ether oxygens (including phenoxy) is 2. The van der Waals surface area contributed by atoms with Gasteiger partial charge < -0.3 is 9.47 Å². The summed E-state index contributed by atoms with van der Waals surface area (Å²) in [5.74, 6) is -0.794. The molecule has 0 aliphatic rings. The highest BCUT2D eigenvalue weighted by Crippen LogP contribution is 2.19. The summed E-state index contributed by atoms with van der Waals surface area (Å²) in [7, 11) is 0. The van der Waals surface area contributed by atoms with Crippen LogP contribution in [0.3, 0.4) is 0 Å². The third kappa shape index (κ3) is 3.68. The summed E-state index contributed by atoms with van der Waals surface area (Å²) in [6.07, 6.45) is 0. The molecule has 0 aromatic heterocycles. The lowest BCUT2D eigenvalue weighted by molar-refractivity contribution is -0.131. The fourth-order valence-corrected chi connectivity index (χ4v) is 1.68. The Morgan fingerprint density at radius 1 is 0.950 bits per heavy atom. The van der Waals surface area contributed by atoms with Crippen molar-refractivity contribution in [3.63, 3.8) is 0 Å². The zero-order valence-corrected chi connectivity index (χ0v) is 11.0. The van der Waals surface area contributed by atoms with E-state index in [1.54, 1.807) is 24.3 Å². The van der Waals surface area contributed by atoms with Gasteiger partial charge in [-0.3, -0.25) is 4.79 Å². The number of rotatable bonds is 4. The van der Waals surface area contributed by atoms with E-state index in [2.05, 4.69) is 0 Å². The number of benzene rings is 2. The molecular weight excluding hydrogens is 256 g/mol. The molecule has 4 nitrogen and oxygen atoms in total. The maximum absolute atomic E-state index is 12.0. The maximum Gasteiger partial charge on any atom is 0.342 e. The predicted octanol–water partition coefficient (Wildman–Crippen LogP) is 2.97. The summed E-state index contributed by atoms with van der Waals surface area (Å²) in [4.78, 5) is 23.0. The van der Waals surface area contributed by atoms with Crippen molar-refractivity contribution in [1.82, 2.24) is 0 Å². The Hall–Kier alpha value is -2.62. The van der Waals surface area contributed by atoms with Gasteiger partial charge in [0.05, 0.1) is 0 Å². The van der Waals surface area contributed by atoms with E-state index in [9.17, 15) is 9.59 Å². The molecule has 0 amide bonds. The monoisotopic (exact) mass is 270 g/mol. The summed E-state index contributed by atoms with van der Waals surface area (Å²) < 4.78 is 10.2. The molecule has 0 N–H and O–H groups in total. The van der Waals surface area contributed by atoms with Gasteiger partial charge in [0.25, 0.3) is 0 Å². The van der Waals surface area contributed by atoms with Gasteiger partial charge in [0.2, 0.25) is 0 Å². The van der Waals surface area contributed by atoms with Crippen molar-refractivity contribution in [2.75, 3.05) is 0 Å². The number of hydrogen-bond donors (Lipinski definition) is 0. The second-order valence-electron chi connectivity index (χ2n) is 4.15. The minimum Gasteiger partial charge on any atom is -0.457 e. The molecule has 0 atom stereocenters. The Labute approximate surface area is 116 Å². The molecule has 4 heteroatoms. The van der Waals surface area contributed by atoms with Crippen LogP contribution in [0.25, 0.3) is 0 Å². The first-order valence-electron chi connectivity index (χ1n) is 6.15. The summed E-state index contributed by atoms with van der Waals surface area (Å²) >= 11 is 0. The molecule has 0 bridgehead atoms. The van der Waals surface area contributed by atoms with Gasteiger partial charge in [0.1, 0.15) is 17.9 Å². The molecule has 0 aliphatic heterocycles. The van der Waals surface area contributed by atoms with Crippen LogP contribution in [0.4, 0.5) is 0 Å². The average molecular weight is 270 g/mol. The Kier molecular flexibility index (Phi) is 4.50. The van der Waals surface area contributed by atoms with E-state index in [1.807, 2.05) is 30.3 Å². The zero-order valence-electron chi connectivity index (χ0n) is 11.0. The van der Waals surface area contributed by atoms with E-state index < -0.39 is 11.9 Å². The summed E-state index contributed by atoms with van der Waals surface area (Å²) in [5, 5.41) is 0. The van der Waals surface area contributed by atoms with Crippen LogP contribution in [0, 0.1) is 0 Å². The van der Waals surface area contributed by atoms with Crippen molar-refractivity contribution < 1.29 is 19.1 Å². The second kappa shape index (κ2) is 6.52. The van der Waals surface area contributed by atoms with Crippen LogP contribution in [0.1, 0.15) is 22.8 Å². The number of carbonyl (C=O) groups is 2. The highest BCUT2D eigenvalue weighted by Gasteiger charge is 2.14. The molecular formula is C16H14O4. The quantitative estimate of drug-likeness (QED) is 0.633. The molecule has 0 heterocycles. The van der Waals surface area contributed by atoms with Crippen molar-refractivity contribution in [2.24, 2.45) is 0 Å². The van der Waals surface area contributed by atoms with Crippen molar-refractivity contribution in [2.45, 2.75) is 13.5 Å². The Morgan fingerprint density at radius 3 is 2.30 bits per heavy atom. The summed E-state index contributed by atoms with van der Waals surface area (Å²) in [5.41, 5.74) is 1.13. The predicted molar refractivity (Wildman–Crippen MR) is 73.3 cm³/mol. The molecule has 20 heavy (non-hydrogen) atoms. The van der Waals surface area contributed by atoms with Crippen molar-refractivity contribution in [1.29, 1.82) is 0 Å². The van der Waals surface area contributed by atoms with Crippen LogP contribution >= 0.6 is 0 Å². The highest BCUT2D eigenvalue weighted by atomic mass is 16.5. The first-order chi connectivity index (χ1) is 9.66. The largest absolute Gasteiger partial charge is 0.457 e. The minimum atomic E-state index is -0.522. The van der Waals surface area contributed by atoms with Crippen LogP contribution in [0.2, 0.25) is 0 Å². The maximum atomic E-state index is 12.0. The lowest BCUT2D eigenvalue weighted by Gasteiger charge is -2.09. The third-order valence-corrected chi connectivity index (χ3v) is 2.57. The van der Waals surface area contributed by atoms with E-state index in [4.69, 9.17) is 9.47 Å². The van der Waals surface area contributed by atoms with E-state index in [0.717, 1.165) is 5.56 Å². The second-order valence-corrected chi connectivity index (χ2v) is 4.15. The first kappa shape index (κ1) is 13.8. The standard InChI is InChI=1S/C16H14O4/c1-12(17)20-15-10-6-5-9-14(15)16(18)19-11-13-7-3-2-4-8-13/h2-10H,11H2,1H3. The van der Waals surface area contributed by atoms with Gasteiger partial charge in [-0.25, -0.2) is 4.79 Å². The number of esters is 2. The molecule has 0 aliphatic carbocycles. The van der Waals surface area contributed by atoms with Crippen LogP contribution in [0.15, 0.2) is 54.6 Å². The molecule has 0 radical (unpaired) electrons. The van der Waals surface area contributed by atoms with Crippen LogP contribution in [-0.4, -0.2) is 11.9 Å². The number of hydrogen-bond acceptors (Lipinski definition) is 4. The van der Waals surface area contributed by atoms with Gasteiger partial charge in [0.15, 0.2) is 0 Å². The van der Waals surface area contributed by atoms with E-state index in [1.165, 1.54) is 6.92 Å². The van der Waals surface area contributed by atoms with Crippen LogP contribution in [-0.2, 0) is 16.1 Å². The van der Waals surface area contributed by atoms with Crippen molar-refractivity contribution >= 4 is 11.9 Å². The molecule has 0 spiro atoms. The van der Waals surface area contributed by atoms with Crippen molar-refractivity contribution in [3.05, 3.63) is 65.7 Å². The molecule has 2 aromatic rings. The van der Waals surface area contributed by atoms with Crippen LogP contribution in [0.5, 0.6) is 5.75 Å². The van der Waals surface area contributed by atoms with E-state index in [0.29, 0.717) is 0 Å². The van der Waals surface area contributed by atoms with Crippen LogP contribution < -0.4 is 4.74 Å². The molecule has 0 saturated heterocycles. The molecule has 0 unspecified atom stereocenters. The van der Waals surface area contributed by atoms with Gasteiger partial charge in [-0.2, -0.15) is 0 Å². The van der Waals surface area contributed by atoms with Gasteiger partial charge in [0, 0.05) is 6.92 Å². The molecule has 102 valence electrons. The number of carbonyl (C=O) groups excluding carboxylic acids is 2. The van der Waals surface area contributed by atoms with E-state index in [-0.39, 0.29) is 17.9 Å². The van der Waals surface area contributed by atoms with Gasteiger partial charge in [-0.15, -0.1) is 0 Å². The lowest BCUT2D eigenvalue weighted by Crippen LogP contribution is -2.10. The summed E-state index contributed by atoms with van der Waals surface area (Å²) in [6.45, 7) is 1.46. The minimum absolute atomic E-state index is 0.175. The SMILES string of the molecule is CC(=O)Oc1ccccc1C(=O)OCc1ccccc1. The van der Waals surface area contributed by atoms with Gasteiger partial charge >= 0.3 is 11.9 Å². The average Bonchev–Trinajstić information content (AvgIpc) is 2.46. The molecule has 0 saturated carbocycles. The normalized spacial score (nSPS) is 9.85. The Balaban J connectivity index is 2.07. The molecule has 0 fully saturated rings. The Morgan fingerprint density at radius 2 is 1.60 bits per heavy atom. The summed E-state index contributed by atoms with van der Waals surface area (Å²) in [6, 6.07) is 15.9. The lowest BCUT2D eigenvalue weighted by atomic mass is 10.2.